The van der Waals surface area contributed by atoms with Crippen molar-refractivity contribution in [3.05, 3.63) is 40.9 Å². The molecule has 0 radical (unpaired) electrons. The fraction of sp³-hybridized carbons (Fsp3) is 0.231. The molecule has 0 saturated carbocycles. The van der Waals surface area contributed by atoms with Crippen molar-refractivity contribution in [2.45, 2.75) is 6.54 Å². The van der Waals surface area contributed by atoms with Crippen molar-refractivity contribution < 1.29 is 13.9 Å². The van der Waals surface area contributed by atoms with Gasteiger partial charge in [0.05, 0.1) is 37.0 Å². The first-order valence-corrected chi connectivity index (χ1v) is 6.14. The lowest BCUT2D eigenvalue weighted by Gasteiger charge is -2.13. The Labute approximate surface area is 120 Å². The standard InChI is InChI=1S/C13H13ClFN3O2/c1-19-12-9(13(20-2)18-7-17-12)6-16-11-4-3-8(15)5-10(11)14/h3-5,7,16H,6H2,1-2H3. The molecule has 0 fully saturated rings. The summed E-state index contributed by atoms with van der Waals surface area (Å²) < 4.78 is 23.3. The second-order valence-corrected chi connectivity index (χ2v) is 4.26. The normalized spacial score (nSPS) is 10.2. The SMILES string of the molecule is COc1ncnc(OC)c1CNc1ccc(F)cc1Cl. The predicted molar refractivity (Wildman–Crippen MR) is 73.9 cm³/mol. The number of nitrogens with zero attached hydrogens (tertiary/aromatic N) is 2. The van der Waals surface area contributed by atoms with Crippen molar-refractivity contribution in [3.8, 4) is 11.8 Å². The zero-order valence-electron chi connectivity index (χ0n) is 11.0. The molecule has 7 heteroatoms. The average molecular weight is 298 g/mol. The number of methoxy groups -OCH3 is 2. The Morgan fingerprint density at radius 3 is 2.40 bits per heavy atom. The molecule has 2 rings (SSSR count). The first-order chi connectivity index (χ1) is 9.65. The number of anilines is 1. The van der Waals surface area contributed by atoms with Gasteiger partial charge in [0.25, 0.3) is 0 Å². The van der Waals surface area contributed by atoms with E-state index in [1.807, 2.05) is 0 Å². The molecule has 0 amide bonds. The van der Waals surface area contributed by atoms with Crippen molar-refractivity contribution in [2.75, 3.05) is 19.5 Å². The number of hydrogen-bond donors (Lipinski definition) is 1. The molecular weight excluding hydrogens is 285 g/mol. The third kappa shape index (κ3) is 3.08. The highest BCUT2D eigenvalue weighted by Crippen LogP contribution is 2.27. The van der Waals surface area contributed by atoms with Crippen LogP contribution < -0.4 is 14.8 Å². The number of benzene rings is 1. The number of rotatable bonds is 5. The van der Waals surface area contributed by atoms with E-state index in [0.29, 0.717) is 34.6 Å². The van der Waals surface area contributed by atoms with Gasteiger partial charge in [-0.15, -0.1) is 0 Å². The molecule has 0 spiro atoms. The summed E-state index contributed by atoms with van der Waals surface area (Å²) in [5, 5.41) is 3.36. The van der Waals surface area contributed by atoms with E-state index in [1.165, 1.54) is 32.7 Å². The lowest BCUT2D eigenvalue weighted by Crippen LogP contribution is -2.07. The molecule has 1 aromatic heterocycles. The van der Waals surface area contributed by atoms with Crippen LogP contribution in [-0.4, -0.2) is 24.2 Å². The molecule has 5 nitrogen and oxygen atoms in total. The van der Waals surface area contributed by atoms with Crippen LogP contribution in [0.5, 0.6) is 11.8 Å². The summed E-state index contributed by atoms with van der Waals surface area (Å²) in [6.07, 6.45) is 1.35. The Kier molecular flexibility index (Phi) is 4.57. The van der Waals surface area contributed by atoms with E-state index in [1.54, 1.807) is 6.07 Å². The Morgan fingerprint density at radius 2 is 1.85 bits per heavy atom. The monoisotopic (exact) mass is 297 g/mol. The van der Waals surface area contributed by atoms with Crippen LogP contribution in [0.2, 0.25) is 5.02 Å². The number of ether oxygens (including phenoxy) is 2. The van der Waals surface area contributed by atoms with Gasteiger partial charge in [0.1, 0.15) is 12.1 Å². The van der Waals surface area contributed by atoms with Gasteiger partial charge in [0.2, 0.25) is 11.8 Å². The summed E-state index contributed by atoms with van der Waals surface area (Å²) >= 11 is 5.95. The van der Waals surface area contributed by atoms with Crippen LogP contribution in [0.3, 0.4) is 0 Å². The highest BCUT2D eigenvalue weighted by atomic mass is 35.5. The molecule has 0 saturated heterocycles. The third-order valence-corrected chi connectivity index (χ3v) is 2.95. The molecule has 106 valence electrons. The number of nitrogens with one attached hydrogen (secondary N) is 1. The maximum Gasteiger partial charge on any atom is 0.225 e. The van der Waals surface area contributed by atoms with Gasteiger partial charge in [0, 0.05) is 0 Å². The van der Waals surface area contributed by atoms with Crippen LogP contribution >= 0.6 is 11.6 Å². The van der Waals surface area contributed by atoms with Crippen molar-refractivity contribution in [2.24, 2.45) is 0 Å². The van der Waals surface area contributed by atoms with E-state index in [0.717, 1.165) is 0 Å². The van der Waals surface area contributed by atoms with E-state index in [2.05, 4.69) is 15.3 Å². The molecule has 0 atom stereocenters. The maximum absolute atomic E-state index is 13.0. The molecule has 0 bridgehead atoms. The summed E-state index contributed by atoms with van der Waals surface area (Å²) in [5.74, 6) is 0.420. The molecule has 2 aromatic rings. The van der Waals surface area contributed by atoms with E-state index >= 15 is 0 Å². The van der Waals surface area contributed by atoms with Crippen LogP contribution in [0.15, 0.2) is 24.5 Å². The van der Waals surface area contributed by atoms with Crippen LogP contribution in [-0.2, 0) is 6.54 Å². The molecule has 0 aliphatic carbocycles. The number of aromatic nitrogens is 2. The highest BCUT2D eigenvalue weighted by molar-refractivity contribution is 6.33. The first-order valence-electron chi connectivity index (χ1n) is 5.76. The Bertz CT molecular complexity index is 588. The molecule has 0 aliphatic rings. The van der Waals surface area contributed by atoms with Gasteiger partial charge in [-0.1, -0.05) is 11.6 Å². The van der Waals surface area contributed by atoms with Gasteiger partial charge >= 0.3 is 0 Å². The van der Waals surface area contributed by atoms with Gasteiger partial charge in [-0.25, -0.2) is 14.4 Å². The molecule has 20 heavy (non-hydrogen) atoms. The average Bonchev–Trinajstić information content (AvgIpc) is 2.46. The fourth-order valence-corrected chi connectivity index (χ4v) is 1.93. The van der Waals surface area contributed by atoms with Crippen molar-refractivity contribution in [3.63, 3.8) is 0 Å². The Morgan fingerprint density at radius 1 is 1.20 bits per heavy atom. The van der Waals surface area contributed by atoms with E-state index in [4.69, 9.17) is 21.1 Å². The van der Waals surface area contributed by atoms with Crippen molar-refractivity contribution >= 4 is 17.3 Å². The van der Waals surface area contributed by atoms with Crippen LogP contribution in [0.25, 0.3) is 0 Å². The summed E-state index contributed by atoms with van der Waals surface area (Å²) in [6, 6.07) is 4.12. The Hall–Kier alpha value is -2.08. The van der Waals surface area contributed by atoms with Crippen LogP contribution in [0.4, 0.5) is 10.1 Å². The molecule has 0 unspecified atom stereocenters. The van der Waals surface area contributed by atoms with E-state index in [-0.39, 0.29) is 0 Å². The smallest absolute Gasteiger partial charge is 0.225 e. The summed E-state index contributed by atoms with van der Waals surface area (Å²) in [6.45, 7) is 0.332. The fourth-order valence-electron chi connectivity index (χ4n) is 1.70. The Balaban J connectivity index is 2.22. The lowest BCUT2D eigenvalue weighted by atomic mass is 10.2. The lowest BCUT2D eigenvalue weighted by molar-refractivity contribution is 0.363. The maximum atomic E-state index is 13.0. The second-order valence-electron chi connectivity index (χ2n) is 3.85. The summed E-state index contributed by atoms with van der Waals surface area (Å²) in [4.78, 5) is 8.02. The van der Waals surface area contributed by atoms with Crippen LogP contribution in [0, 0.1) is 5.82 Å². The minimum atomic E-state index is -0.390. The third-order valence-electron chi connectivity index (χ3n) is 2.64. The quantitative estimate of drug-likeness (QED) is 0.919. The minimum Gasteiger partial charge on any atom is -0.481 e. The zero-order chi connectivity index (χ0) is 14.5. The first kappa shape index (κ1) is 14.3. The topological polar surface area (TPSA) is 56.3 Å². The molecule has 1 aromatic carbocycles. The number of hydrogen-bond acceptors (Lipinski definition) is 5. The largest absolute Gasteiger partial charge is 0.481 e. The van der Waals surface area contributed by atoms with Gasteiger partial charge in [-0.05, 0) is 18.2 Å². The molecular formula is C13H13ClFN3O2. The van der Waals surface area contributed by atoms with Crippen LogP contribution in [0.1, 0.15) is 5.56 Å². The molecule has 0 aliphatic heterocycles. The predicted octanol–water partition coefficient (Wildman–Crippen LogP) is 2.90. The van der Waals surface area contributed by atoms with E-state index < -0.39 is 5.82 Å². The molecule has 1 heterocycles. The highest BCUT2D eigenvalue weighted by Gasteiger charge is 2.13. The molecule has 1 N–H and O–H groups in total. The minimum absolute atomic E-state index is 0.291. The van der Waals surface area contributed by atoms with Gasteiger partial charge in [-0.2, -0.15) is 0 Å². The number of halogens is 2. The second kappa shape index (κ2) is 6.38. The van der Waals surface area contributed by atoms with Crippen molar-refractivity contribution in [1.29, 1.82) is 0 Å². The van der Waals surface area contributed by atoms with E-state index in [9.17, 15) is 4.39 Å². The zero-order valence-corrected chi connectivity index (χ0v) is 11.7. The summed E-state index contributed by atoms with van der Waals surface area (Å²) in [7, 11) is 3.02. The van der Waals surface area contributed by atoms with Gasteiger partial charge in [-0.3, -0.25) is 0 Å². The van der Waals surface area contributed by atoms with Crippen molar-refractivity contribution in [1.82, 2.24) is 9.97 Å². The summed E-state index contributed by atoms with van der Waals surface area (Å²) in [5.41, 5.74) is 1.25. The van der Waals surface area contributed by atoms with Gasteiger partial charge < -0.3 is 14.8 Å². The van der Waals surface area contributed by atoms with Gasteiger partial charge in [0.15, 0.2) is 0 Å².